The SMILES string of the molecule is C/C(O)=C(/C(=O)CC(C)C)C(=O)[C@H](CO)CCC(C)C. The van der Waals surface area contributed by atoms with Crippen molar-refractivity contribution in [2.24, 2.45) is 17.8 Å². The van der Waals surface area contributed by atoms with Crippen LogP contribution in [0.15, 0.2) is 11.3 Å². The molecule has 2 N–H and O–H groups in total. The molecule has 116 valence electrons. The first-order valence-corrected chi connectivity index (χ1v) is 7.28. The van der Waals surface area contributed by atoms with Gasteiger partial charge in [0.05, 0.1) is 12.2 Å². The van der Waals surface area contributed by atoms with Crippen LogP contribution in [0.1, 0.15) is 53.9 Å². The number of rotatable bonds is 9. The van der Waals surface area contributed by atoms with Gasteiger partial charge < -0.3 is 10.2 Å². The van der Waals surface area contributed by atoms with Crippen molar-refractivity contribution in [1.82, 2.24) is 0 Å². The fourth-order valence-corrected chi connectivity index (χ4v) is 2.03. The third kappa shape index (κ3) is 6.33. The summed E-state index contributed by atoms with van der Waals surface area (Å²) in [5.74, 6) is -1.08. The molecule has 0 aliphatic carbocycles. The molecule has 0 aliphatic rings. The van der Waals surface area contributed by atoms with Crippen LogP contribution in [0.5, 0.6) is 0 Å². The Morgan fingerprint density at radius 1 is 1.00 bits per heavy atom. The van der Waals surface area contributed by atoms with Crippen LogP contribution < -0.4 is 0 Å². The van der Waals surface area contributed by atoms with Gasteiger partial charge in [0, 0.05) is 12.3 Å². The van der Waals surface area contributed by atoms with Crippen molar-refractivity contribution >= 4 is 11.6 Å². The zero-order chi connectivity index (χ0) is 15.9. The van der Waals surface area contributed by atoms with E-state index in [1.807, 2.05) is 27.7 Å². The zero-order valence-electron chi connectivity index (χ0n) is 13.3. The Morgan fingerprint density at radius 3 is 1.90 bits per heavy atom. The fourth-order valence-electron chi connectivity index (χ4n) is 2.03. The molecule has 0 amide bonds. The van der Waals surface area contributed by atoms with Crippen LogP contribution in [-0.4, -0.2) is 28.4 Å². The van der Waals surface area contributed by atoms with Crippen LogP contribution >= 0.6 is 0 Å². The number of carbonyl (C=O) groups excluding carboxylic acids is 2. The Bertz CT molecular complexity index is 363. The van der Waals surface area contributed by atoms with Crippen molar-refractivity contribution in [3.63, 3.8) is 0 Å². The molecule has 0 saturated carbocycles. The largest absolute Gasteiger partial charge is 0.512 e. The van der Waals surface area contributed by atoms with Gasteiger partial charge in [-0.1, -0.05) is 34.1 Å². The maximum absolute atomic E-state index is 12.4. The predicted octanol–water partition coefficient (Wildman–Crippen LogP) is 3.05. The van der Waals surface area contributed by atoms with Gasteiger partial charge in [-0.05, 0) is 25.2 Å². The van der Waals surface area contributed by atoms with E-state index in [1.54, 1.807) is 0 Å². The molecule has 4 nitrogen and oxygen atoms in total. The van der Waals surface area contributed by atoms with Gasteiger partial charge in [0.1, 0.15) is 5.76 Å². The molecule has 0 aromatic rings. The first-order chi connectivity index (χ1) is 9.20. The second-order valence-corrected chi connectivity index (χ2v) is 6.20. The molecular weight excluding hydrogens is 256 g/mol. The zero-order valence-corrected chi connectivity index (χ0v) is 13.3. The fraction of sp³-hybridized carbons (Fsp3) is 0.750. The van der Waals surface area contributed by atoms with Crippen molar-refractivity contribution in [1.29, 1.82) is 0 Å². The molecule has 0 heterocycles. The van der Waals surface area contributed by atoms with Crippen LogP contribution in [0.2, 0.25) is 0 Å². The Morgan fingerprint density at radius 2 is 1.55 bits per heavy atom. The Hall–Kier alpha value is -1.16. The van der Waals surface area contributed by atoms with Crippen LogP contribution in [-0.2, 0) is 9.59 Å². The van der Waals surface area contributed by atoms with E-state index < -0.39 is 11.7 Å². The van der Waals surface area contributed by atoms with E-state index in [4.69, 9.17) is 0 Å². The minimum absolute atomic E-state index is 0.118. The summed E-state index contributed by atoms with van der Waals surface area (Å²) in [6, 6.07) is 0. The number of hydrogen-bond acceptors (Lipinski definition) is 4. The summed E-state index contributed by atoms with van der Waals surface area (Å²) in [4.78, 5) is 24.4. The molecule has 0 rings (SSSR count). The normalized spacial score (nSPS) is 14.4. The third-order valence-electron chi connectivity index (χ3n) is 3.16. The number of ketones is 2. The van der Waals surface area contributed by atoms with Gasteiger partial charge in [-0.3, -0.25) is 9.59 Å². The second-order valence-electron chi connectivity index (χ2n) is 6.20. The Balaban J connectivity index is 5.05. The molecule has 4 heteroatoms. The van der Waals surface area contributed by atoms with Crippen LogP contribution in [0, 0.1) is 17.8 Å². The van der Waals surface area contributed by atoms with Crippen LogP contribution in [0.4, 0.5) is 0 Å². The van der Waals surface area contributed by atoms with Gasteiger partial charge in [0.2, 0.25) is 0 Å². The smallest absolute Gasteiger partial charge is 0.175 e. The van der Waals surface area contributed by atoms with E-state index in [9.17, 15) is 19.8 Å². The highest BCUT2D eigenvalue weighted by Crippen LogP contribution is 2.20. The molecule has 0 unspecified atom stereocenters. The van der Waals surface area contributed by atoms with Crippen LogP contribution in [0.3, 0.4) is 0 Å². The highest BCUT2D eigenvalue weighted by molar-refractivity contribution is 6.21. The molecule has 0 aliphatic heterocycles. The number of Topliss-reactive ketones (excluding diaryl/α,β-unsaturated/α-hetero) is 2. The first-order valence-electron chi connectivity index (χ1n) is 7.28. The van der Waals surface area contributed by atoms with E-state index in [0.717, 1.165) is 6.42 Å². The number of aliphatic hydroxyl groups excluding tert-OH is 2. The molecule has 0 fully saturated rings. The molecule has 0 bridgehead atoms. The Kier molecular flexibility index (Phi) is 8.39. The van der Waals surface area contributed by atoms with Gasteiger partial charge in [0.15, 0.2) is 11.6 Å². The monoisotopic (exact) mass is 284 g/mol. The highest BCUT2D eigenvalue weighted by Gasteiger charge is 2.28. The minimum Gasteiger partial charge on any atom is -0.512 e. The second kappa shape index (κ2) is 8.90. The molecule has 1 atom stereocenters. The van der Waals surface area contributed by atoms with Crippen LogP contribution in [0.25, 0.3) is 0 Å². The number of carbonyl (C=O) groups is 2. The quantitative estimate of drug-likeness (QED) is 0.295. The van der Waals surface area contributed by atoms with Crippen molar-refractivity contribution in [3.8, 4) is 0 Å². The Labute approximate surface area is 121 Å². The van der Waals surface area contributed by atoms with Crippen molar-refractivity contribution in [2.45, 2.75) is 53.9 Å². The number of hydrogen-bond donors (Lipinski definition) is 2. The van der Waals surface area contributed by atoms with Gasteiger partial charge in [-0.2, -0.15) is 0 Å². The lowest BCUT2D eigenvalue weighted by Crippen LogP contribution is -2.26. The van der Waals surface area contributed by atoms with Gasteiger partial charge in [-0.15, -0.1) is 0 Å². The summed E-state index contributed by atoms with van der Waals surface area (Å²) in [5.41, 5.74) is -0.137. The summed E-state index contributed by atoms with van der Waals surface area (Å²) in [7, 11) is 0. The summed E-state index contributed by atoms with van der Waals surface area (Å²) in [6.45, 7) is 8.90. The molecule has 0 aromatic heterocycles. The molecule has 0 radical (unpaired) electrons. The first kappa shape index (κ1) is 18.8. The lowest BCUT2D eigenvalue weighted by molar-refractivity contribution is -0.125. The maximum atomic E-state index is 12.4. The average molecular weight is 284 g/mol. The van der Waals surface area contributed by atoms with E-state index in [-0.39, 0.29) is 36.1 Å². The standard InChI is InChI=1S/C16H28O4/c1-10(2)6-7-13(9-17)16(20)15(12(5)18)14(19)8-11(3)4/h10-11,13,17-18H,6-9H2,1-5H3/b15-12+/t13-/m0/s1. The van der Waals surface area contributed by atoms with Crippen molar-refractivity contribution in [2.75, 3.05) is 6.61 Å². The summed E-state index contributed by atoms with van der Waals surface area (Å²) in [5, 5.41) is 19.0. The van der Waals surface area contributed by atoms with Crippen molar-refractivity contribution in [3.05, 3.63) is 11.3 Å². The van der Waals surface area contributed by atoms with Gasteiger partial charge in [0.25, 0.3) is 0 Å². The van der Waals surface area contributed by atoms with Gasteiger partial charge in [-0.25, -0.2) is 0 Å². The molecule has 0 saturated heterocycles. The summed E-state index contributed by atoms with van der Waals surface area (Å²) < 4.78 is 0. The average Bonchev–Trinajstić information content (AvgIpc) is 2.27. The number of allylic oxidation sites excluding steroid dienone is 2. The van der Waals surface area contributed by atoms with E-state index >= 15 is 0 Å². The maximum Gasteiger partial charge on any atom is 0.175 e. The van der Waals surface area contributed by atoms with Crippen molar-refractivity contribution < 1.29 is 19.8 Å². The minimum atomic E-state index is -0.606. The van der Waals surface area contributed by atoms with Gasteiger partial charge >= 0.3 is 0 Å². The highest BCUT2D eigenvalue weighted by atomic mass is 16.3. The molecular formula is C16H28O4. The van der Waals surface area contributed by atoms with E-state index in [0.29, 0.717) is 12.3 Å². The number of aliphatic hydroxyl groups is 2. The lowest BCUT2D eigenvalue weighted by Gasteiger charge is -2.17. The summed E-state index contributed by atoms with van der Waals surface area (Å²) >= 11 is 0. The van der Waals surface area contributed by atoms with E-state index in [2.05, 4.69) is 0 Å². The lowest BCUT2D eigenvalue weighted by atomic mass is 9.87. The molecule has 0 aromatic carbocycles. The predicted molar refractivity (Wildman–Crippen MR) is 79.4 cm³/mol. The molecule has 0 spiro atoms. The third-order valence-corrected chi connectivity index (χ3v) is 3.16. The topological polar surface area (TPSA) is 74.6 Å². The summed E-state index contributed by atoms with van der Waals surface area (Å²) in [6.07, 6.45) is 1.55. The van der Waals surface area contributed by atoms with E-state index in [1.165, 1.54) is 6.92 Å². The molecule has 20 heavy (non-hydrogen) atoms.